The monoisotopic (exact) mass is 294 g/mol. The van der Waals surface area contributed by atoms with E-state index in [2.05, 4.69) is 23.7 Å². The van der Waals surface area contributed by atoms with E-state index < -0.39 is 0 Å². The Balaban J connectivity index is 1.85. The van der Waals surface area contributed by atoms with Crippen LogP contribution in [0.5, 0.6) is 0 Å². The summed E-state index contributed by atoms with van der Waals surface area (Å²) in [6.07, 6.45) is 2.52. The number of nitrogen functional groups attached to an aromatic ring is 1. The largest absolute Gasteiger partial charge is 0.375 e. The van der Waals surface area contributed by atoms with Gasteiger partial charge in [-0.3, -0.25) is 0 Å². The minimum absolute atomic E-state index is 0.621. The minimum Gasteiger partial charge on any atom is -0.375 e. The van der Waals surface area contributed by atoms with Crippen molar-refractivity contribution in [3.63, 3.8) is 0 Å². The van der Waals surface area contributed by atoms with Crippen molar-refractivity contribution in [3.8, 4) is 10.6 Å². The average Bonchev–Trinajstić information content (AvgIpc) is 2.96. The Kier molecular flexibility index (Phi) is 3.45. The van der Waals surface area contributed by atoms with Crippen molar-refractivity contribution in [3.05, 3.63) is 11.1 Å². The second kappa shape index (κ2) is 5.09. The first-order valence-corrected chi connectivity index (χ1v) is 8.27. The van der Waals surface area contributed by atoms with Crippen LogP contribution in [0.25, 0.3) is 10.6 Å². The molecule has 1 aliphatic rings. The van der Waals surface area contributed by atoms with E-state index in [1.807, 2.05) is 5.38 Å². The molecule has 102 valence electrons. The van der Waals surface area contributed by atoms with Gasteiger partial charge in [0.2, 0.25) is 0 Å². The molecule has 0 unspecified atom stereocenters. The van der Waals surface area contributed by atoms with Gasteiger partial charge < -0.3 is 10.6 Å². The number of aryl methyl sites for hydroxylation is 1. The summed E-state index contributed by atoms with van der Waals surface area (Å²) in [6.45, 7) is 6.62. The third-order valence-electron chi connectivity index (χ3n) is 3.59. The Morgan fingerprint density at radius 1 is 1.32 bits per heavy atom. The van der Waals surface area contributed by atoms with Crippen LogP contribution in [-0.4, -0.2) is 23.1 Å². The number of nitrogens with two attached hydrogens (primary N) is 1. The van der Waals surface area contributed by atoms with Gasteiger partial charge in [0.1, 0.15) is 0 Å². The highest BCUT2D eigenvalue weighted by Gasteiger charge is 2.20. The van der Waals surface area contributed by atoms with Gasteiger partial charge in [-0.1, -0.05) is 18.3 Å². The summed E-state index contributed by atoms with van der Waals surface area (Å²) in [5.74, 6) is 0.843. The van der Waals surface area contributed by atoms with Crippen LogP contribution in [0.3, 0.4) is 0 Å². The molecule has 2 N–H and O–H groups in total. The first kappa shape index (κ1) is 12.9. The quantitative estimate of drug-likeness (QED) is 0.922. The summed E-state index contributed by atoms with van der Waals surface area (Å²) in [5.41, 5.74) is 7.74. The van der Waals surface area contributed by atoms with Crippen molar-refractivity contribution in [2.45, 2.75) is 26.7 Å². The van der Waals surface area contributed by atoms with Gasteiger partial charge >= 0.3 is 0 Å². The Morgan fingerprint density at radius 3 is 2.68 bits per heavy atom. The highest BCUT2D eigenvalue weighted by Crippen LogP contribution is 2.36. The van der Waals surface area contributed by atoms with Crippen LogP contribution < -0.4 is 10.6 Å². The summed E-state index contributed by atoms with van der Waals surface area (Å²) in [6, 6.07) is 0. The lowest BCUT2D eigenvalue weighted by atomic mass is 10.00. The predicted molar refractivity (Wildman–Crippen MR) is 83.0 cm³/mol. The van der Waals surface area contributed by atoms with E-state index in [0.29, 0.717) is 5.13 Å². The van der Waals surface area contributed by atoms with Gasteiger partial charge in [-0.05, 0) is 25.7 Å². The fraction of sp³-hybridized carbons (Fsp3) is 0.538. The molecule has 0 saturated carbocycles. The number of hydrogen-bond donors (Lipinski definition) is 1. The van der Waals surface area contributed by atoms with Gasteiger partial charge in [0, 0.05) is 18.5 Å². The number of thiazole rings is 2. The molecular formula is C13H18N4S2. The topological polar surface area (TPSA) is 55.0 Å². The number of aromatic nitrogens is 2. The van der Waals surface area contributed by atoms with Crippen LogP contribution in [0.1, 0.15) is 25.5 Å². The second-order valence-electron chi connectivity index (χ2n) is 5.15. The fourth-order valence-electron chi connectivity index (χ4n) is 2.35. The molecule has 0 radical (unpaired) electrons. The normalized spacial score (nSPS) is 17.1. The fourth-order valence-corrected chi connectivity index (χ4v) is 4.05. The van der Waals surface area contributed by atoms with Gasteiger partial charge in [-0.25, -0.2) is 9.97 Å². The molecule has 3 heterocycles. The van der Waals surface area contributed by atoms with Crippen LogP contribution in [0, 0.1) is 12.8 Å². The van der Waals surface area contributed by atoms with Crippen molar-refractivity contribution in [2.75, 3.05) is 23.7 Å². The molecule has 2 aromatic rings. The number of nitrogens with zero attached hydrogens (tertiary/aromatic N) is 3. The maximum Gasteiger partial charge on any atom is 0.186 e. The lowest BCUT2D eigenvalue weighted by Gasteiger charge is -2.29. The van der Waals surface area contributed by atoms with E-state index in [1.54, 1.807) is 11.3 Å². The molecule has 3 rings (SSSR count). The van der Waals surface area contributed by atoms with Gasteiger partial charge in [0.05, 0.1) is 16.3 Å². The van der Waals surface area contributed by atoms with Crippen LogP contribution in [0.15, 0.2) is 5.38 Å². The summed E-state index contributed by atoms with van der Waals surface area (Å²) in [7, 11) is 0. The molecule has 4 nitrogen and oxygen atoms in total. The van der Waals surface area contributed by atoms with Gasteiger partial charge in [0.15, 0.2) is 10.3 Å². The van der Waals surface area contributed by atoms with Gasteiger partial charge in [0.25, 0.3) is 0 Å². The molecule has 0 bridgehead atoms. The minimum atomic E-state index is 0.621. The zero-order valence-electron chi connectivity index (χ0n) is 11.2. The lowest BCUT2D eigenvalue weighted by molar-refractivity contribution is 0.438. The molecule has 2 aromatic heterocycles. The highest BCUT2D eigenvalue weighted by atomic mass is 32.1. The maximum atomic E-state index is 5.71. The maximum absolute atomic E-state index is 5.71. The lowest BCUT2D eigenvalue weighted by Crippen LogP contribution is -2.32. The predicted octanol–water partition coefficient (Wildman–Crippen LogP) is 3.39. The summed E-state index contributed by atoms with van der Waals surface area (Å²) in [5, 5.41) is 3.76. The van der Waals surface area contributed by atoms with Crippen molar-refractivity contribution < 1.29 is 0 Å². The smallest absolute Gasteiger partial charge is 0.186 e. The second-order valence-corrected chi connectivity index (χ2v) is 7.02. The standard InChI is InChI=1S/C13H18N4S2/c1-8-3-5-17(6-4-8)13-15-9(2)11(19-13)10-7-18-12(14)16-10/h7-8H,3-6H2,1-2H3,(H2,14,16). The van der Waals surface area contributed by atoms with Crippen molar-refractivity contribution in [1.82, 2.24) is 9.97 Å². The number of rotatable bonds is 2. The molecule has 1 aliphatic heterocycles. The van der Waals surface area contributed by atoms with E-state index in [0.717, 1.165) is 40.4 Å². The first-order valence-electron chi connectivity index (χ1n) is 6.57. The molecule has 19 heavy (non-hydrogen) atoms. The third kappa shape index (κ3) is 2.60. The number of piperidine rings is 1. The van der Waals surface area contributed by atoms with Crippen LogP contribution in [0.4, 0.5) is 10.3 Å². The summed E-state index contributed by atoms with van der Waals surface area (Å²) >= 11 is 3.22. The zero-order chi connectivity index (χ0) is 13.4. The zero-order valence-corrected chi connectivity index (χ0v) is 12.9. The molecule has 1 saturated heterocycles. The highest BCUT2D eigenvalue weighted by molar-refractivity contribution is 7.19. The third-order valence-corrected chi connectivity index (χ3v) is 5.51. The van der Waals surface area contributed by atoms with E-state index in [4.69, 9.17) is 10.7 Å². The first-order chi connectivity index (χ1) is 9.13. The number of anilines is 2. The molecule has 0 aliphatic carbocycles. The summed E-state index contributed by atoms with van der Waals surface area (Å²) in [4.78, 5) is 12.6. The summed E-state index contributed by atoms with van der Waals surface area (Å²) < 4.78 is 0. The van der Waals surface area contributed by atoms with E-state index in [1.165, 1.54) is 24.2 Å². The van der Waals surface area contributed by atoms with Gasteiger partial charge in [-0.15, -0.1) is 11.3 Å². The molecule has 0 aromatic carbocycles. The number of hydrogen-bond acceptors (Lipinski definition) is 6. The van der Waals surface area contributed by atoms with Crippen molar-refractivity contribution >= 4 is 32.9 Å². The molecule has 0 spiro atoms. The Bertz CT molecular complexity index is 567. The Morgan fingerprint density at radius 2 is 2.05 bits per heavy atom. The molecular weight excluding hydrogens is 276 g/mol. The van der Waals surface area contributed by atoms with E-state index in [9.17, 15) is 0 Å². The Hall–Kier alpha value is -1.14. The van der Waals surface area contributed by atoms with Crippen molar-refractivity contribution in [2.24, 2.45) is 5.92 Å². The van der Waals surface area contributed by atoms with E-state index in [-0.39, 0.29) is 0 Å². The van der Waals surface area contributed by atoms with Crippen LogP contribution in [0.2, 0.25) is 0 Å². The Labute approximate surface area is 121 Å². The van der Waals surface area contributed by atoms with Crippen molar-refractivity contribution in [1.29, 1.82) is 0 Å². The van der Waals surface area contributed by atoms with Crippen LogP contribution in [-0.2, 0) is 0 Å². The SMILES string of the molecule is Cc1nc(N2CCC(C)CC2)sc1-c1csc(N)n1. The molecule has 1 fully saturated rings. The molecule has 0 atom stereocenters. The average molecular weight is 294 g/mol. The van der Waals surface area contributed by atoms with E-state index >= 15 is 0 Å². The van der Waals surface area contributed by atoms with Crippen LogP contribution >= 0.6 is 22.7 Å². The molecule has 6 heteroatoms. The molecule has 0 amide bonds. The van der Waals surface area contributed by atoms with Gasteiger partial charge in [-0.2, -0.15) is 0 Å².